The van der Waals surface area contributed by atoms with E-state index >= 15 is 0 Å². The zero-order chi connectivity index (χ0) is 20.8. The van der Waals surface area contributed by atoms with Crippen LogP contribution in [0.5, 0.6) is 5.75 Å². The van der Waals surface area contributed by atoms with Crippen molar-refractivity contribution in [3.63, 3.8) is 0 Å². The molecule has 1 fully saturated rings. The zero-order valence-electron chi connectivity index (χ0n) is 16.8. The van der Waals surface area contributed by atoms with E-state index in [4.69, 9.17) is 16.3 Å². The molecular weight excluding hydrogens is 390 g/mol. The largest absolute Gasteiger partial charge is 0.496 e. The van der Waals surface area contributed by atoms with Crippen molar-refractivity contribution in [1.82, 2.24) is 10.2 Å². The number of halogens is 1. The van der Waals surface area contributed by atoms with Crippen LogP contribution in [0, 0.1) is 5.92 Å². The van der Waals surface area contributed by atoms with Crippen LogP contribution >= 0.6 is 11.6 Å². The molecule has 1 heterocycles. The van der Waals surface area contributed by atoms with Crippen molar-refractivity contribution in [2.75, 3.05) is 39.2 Å². The molecule has 0 saturated carbocycles. The number of hydrogen-bond donors (Lipinski definition) is 3. The number of likely N-dealkylation sites (tertiary alicyclic amines) is 1. The number of nitrogens with zero attached hydrogens (tertiary/aromatic N) is 1. The van der Waals surface area contributed by atoms with Crippen LogP contribution in [-0.4, -0.2) is 55.8 Å². The van der Waals surface area contributed by atoms with Crippen LogP contribution in [-0.2, 0) is 6.54 Å². The molecule has 2 aromatic carbocycles. The van der Waals surface area contributed by atoms with E-state index in [-0.39, 0.29) is 24.5 Å². The molecule has 1 amide bonds. The Kier molecular flexibility index (Phi) is 7.36. The Morgan fingerprint density at radius 3 is 2.72 bits per heavy atom. The van der Waals surface area contributed by atoms with Gasteiger partial charge in [0.05, 0.1) is 30.0 Å². The molecule has 29 heavy (non-hydrogen) atoms. The van der Waals surface area contributed by atoms with Crippen LogP contribution in [0.15, 0.2) is 42.5 Å². The smallest absolute Gasteiger partial charge is 0.255 e. The van der Waals surface area contributed by atoms with Crippen LogP contribution in [0.25, 0.3) is 0 Å². The number of carbonyl (C=O) groups excluding carboxylic acids is 1. The van der Waals surface area contributed by atoms with Crippen molar-refractivity contribution in [2.24, 2.45) is 5.92 Å². The van der Waals surface area contributed by atoms with Crippen LogP contribution in [0.1, 0.15) is 22.3 Å². The van der Waals surface area contributed by atoms with Gasteiger partial charge in [-0.05, 0) is 24.0 Å². The summed E-state index contributed by atoms with van der Waals surface area (Å²) in [5, 5.41) is 16.2. The first kappa shape index (κ1) is 21.4. The third-order valence-corrected chi connectivity index (χ3v) is 5.72. The standard InChI is InChI=1S/C22H28ClN3O3/c1-24-20-10-21(29-2)18(9-19(20)23)22(28)25-11-16-8-17(14-27)26(13-16)12-15-6-4-3-5-7-15/h3-7,9-10,16-17,24,27H,8,11-14H2,1-2H3,(H,25,28)/t16-,17-/m1/s1. The van der Waals surface area contributed by atoms with E-state index in [2.05, 4.69) is 27.7 Å². The molecular formula is C22H28ClN3O3. The number of benzene rings is 2. The lowest BCUT2D eigenvalue weighted by molar-refractivity contribution is 0.0944. The van der Waals surface area contributed by atoms with Crippen molar-refractivity contribution in [3.05, 3.63) is 58.6 Å². The van der Waals surface area contributed by atoms with Crippen molar-refractivity contribution >= 4 is 23.2 Å². The quantitative estimate of drug-likeness (QED) is 0.615. The molecule has 0 bridgehead atoms. The molecule has 156 valence electrons. The number of hydrogen-bond acceptors (Lipinski definition) is 5. The van der Waals surface area contributed by atoms with Gasteiger partial charge in [-0.3, -0.25) is 9.69 Å². The van der Waals surface area contributed by atoms with E-state index < -0.39 is 0 Å². The molecule has 2 aromatic rings. The molecule has 2 atom stereocenters. The maximum Gasteiger partial charge on any atom is 0.255 e. The summed E-state index contributed by atoms with van der Waals surface area (Å²) < 4.78 is 5.35. The summed E-state index contributed by atoms with van der Waals surface area (Å²) in [6, 6.07) is 13.7. The van der Waals surface area contributed by atoms with Gasteiger partial charge in [-0.2, -0.15) is 0 Å². The minimum absolute atomic E-state index is 0.107. The van der Waals surface area contributed by atoms with E-state index in [0.29, 0.717) is 28.6 Å². The predicted octanol–water partition coefficient (Wildman–Crippen LogP) is 3.00. The van der Waals surface area contributed by atoms with E-state index in [9.17, 15) is 9.90 Å². The van der Waals surface area contributed by atoms with Crippen LogP contribution in [0.2, 0.25) is 5.02 Å². The topological polar surface area (TPSA) is 73.8 Å². The minimum Gasteiger partial charge on any atom is -0.496 e. The lowest BCUT2D eigenvalue weighted by Gasteiger charge is -2.22. The Bertz CT molecular complexity index is 832. The minimum atomic E-state index is -0.214. The van der Waals surface area contributed by atoms with Crippen molar-refractivity contribution in [1.29, 1.82) is 0 Å². The average molecular weight is 418 g/mol. The van der Waals surface area contributed by atoms with Crippen molar-refractivity contribution in [3.8, 4) is 5.75 Å². The number of methoxy groups -OCH3 is 1. The second kappa shape index (κ2) is 9.96. The predicted molar refractivity (Wildman–Crippen MR) is 116 cm³/mol. The fourth-order valence-electron chi connectivity index (χ4n) is 3.86. The van der Waals surface area contributed by atoms with E-state index in [0.717, 1.165) is 19.5 Å². The number of rotatable bonds is 8. The molecule has 0 spiro atoms. The van der Waals surface area contributed by atoms with Gasteiger partial charge in [0, 0.05) is 38.8 Å². The lowest BCUT2D eigenvalue weighted by Crippen LogP contribution is -2.32. The molecule has 0 unspecified atom stereocenters. The molecule has 0 radical (unpaired) electrons. The normalized spacial score (nSPS) is 19.2. The number of aliphatic hydroxyl groups excluding tert-OH is 1. The molecule has 3 N–H and O–H groups in total. The van der Waals surface area contributed by atoms with Gasteiger partial charge < -0.3 is 20.5 Å². The Morgan fingerprint density at radius 2 is 2.07 bits per heavy atom. The Labute approximate surface area is 176 Å². The van der Waals surface area contributed by atoms with Gasteiger partial charge in [0.25, 0.3) is 5.91 Å². The molecule has 1 saturated heterocycles. The summed E-state index contributed by atoms with van der Waals surface area (Å²) in [6.07, 6.45) is 0.847. The molecule has 3 rings (SSSR count). The van der Waals surface area contributed by atoms with Crippen LogP contribution in [0.4, 0.5) is 5.69 Å². The Hall–Kier alpha value is -2.28. The maximum absolute atomic E-state index is 12.7. The fourth-order valence-corrected chi connectivity index (χ4v) is 4.12. The maximum atomic E-state index is 12.7. The molecule has 1 aliphatic heterocycles. The molecule has 6 nitrogen and oxygen atoms in total. The molecule has 0 aromatic heterocycles. The SMILES string of the molecule is CNc1cc(OC)c(C(=O)NC[C@H]2C[C@H](CO)N(Cc3ccccc3)C2)cc1Cl. The third-order valence-electron chi connectivity index (χ3n) is 5.41. The summed E-state index contributed by atoms with van der Waals surface area (Å²) in [4.78, 5) is 15.0. The number of aliphatic hydroxyl groups is 1. The Balaban J connectivity index is 1.61. The van der Waals surface area contributed by atoms with Gasteiger partial charge in [-0.15, -0.1) is 0 Å². The highest BCUT2D eigenvalue weighted by Gasteiger charge is 2.31. The highest BCUT2D eigenvalue weighted by atomic mass is 35.5. The summed E-state index contributed by atoms with van der Waals surface area (Å²) in [7, 11) is 3.29. The van der Waals surface area contributed by atoms with Crippen LogP contribution < -0.4 is 15.4 Å². The first-order valence-corrected chi connectivity index (χ1v) is 10.2. The third kappa shape index (κ3) is 5.21. The molecule has 7 heteroatoms. The second-order valence-electron chi connectivity index (χ2n) is 7.35. The zero-order valence-corrected chi connectivity index (χ0v) is 17.6. The molecule has 1 aliphatic rings. The first-order valence-electron chi connectivity index (χ1n) is 9.78. The van der Waals surface area contributed by atoms with Gasteiger partial charge in [0.1, 0.15) is 5.75 Å². The van der Waals surface area contributed by atoms with Crippen LogP contribution in [0.3, 0.4) is 0 Å². The monoisotopic (exact) mass is 417 g/mol. The van der Waals surface area contributed by atoms with Gasteiger partial charge in [0.2, 0.25) is 0 Å². The van der Waals surface area contributed by atoms with Crippen molar-refractivity contribution < 1.29 is 14.6 Å². The highest BCUT2D eigenvalue weighted by Crippen LogP contribution is 2.31. The number of carbonyl (C=O) groups is 1. The summed E-state index contributed by atoms with van der Waals surface area (Å²) in [6.45, 7) is 2.28. The first-order chi connectivity index (χ1) is 14.0. The second-order valence-corrected chi connectivity index (χ2v) is 7.75. The Morgan fingerprint density at radius 1 is 1.31 bits per heavy atom. The summed E-state index contributed by atoms with van der Waals surface area (Å²) >= 11 is 6.23. The average Bonchev–Trinajstić information content (AvgIpc) is 3.14. The summed E-state index contributed by atoms with van der Waals surface area (Å²) in [5.74, 6) is 0.535. The van der Waals surface area contributed by atoms with E-state index in [1.165, 1.54) is 12.7 Å². The van der Waals surface area contributed by atoms with Crippen molar-refractivity contribution in [2.45, 2.75) is 19.0 Å². The van der Waals surface area contributed by atoms with E-state index in [1.807, 2.05) is 18.2 Å². The van der Waals surface area contributed by atoms with Gasteiger partial charge in [-0.1, -0.05) is 41.9 Å². The van der Waals surface area contributed by atoms with E-state index in [1.54, 1.807) is 19.2 Å². The number of amides is 1. The lowest BCUT2D eigenvalue weighted by atomic mass is 10.1. The fraction of sp³-hybridized carbons (Fsp3) is 0.409. The number of anilines is 1. The highest BCUT2D eigenvalue weighted by molar-refractivity contribution is 6.33. The number of nitrogens with one attached hydrogen (secondary N) is 2. The van der Waals surface area contributed by atoms with Gasteiger partial charge >= 0.3 is 0 Å². The number of ether oxygens (including phenoxy) is 1. The summed E-state index contributed by atoms with van der Waals surface area (Å²) in [5.41, 5.74) is 2.34. The van der Waals surface area contributed by atoms with Gasteiger partial charge in [-0.25, -0.2) is 0 Å². The molecule has 0 aliphatic carbocycles. The van der Waals surface area contributed by atoms with Gasteiger partial charge in [0.15, 0.2) is 0 Å².